The predicted molar refractivity (Wildman–Crippen MR) is 48.2 cm³/mol. The quantitative estimate of drug-likeness (QED) is 0.629. The Kier molecular flexibility index (Phi) is 1.47. The Morgan fingerprint density at radius 3 is 2.54 bits per heavy atom. The van der Waals surface area contributed by atoms with Gasteiger partial charge < -0.3 is 9.47 Å². The molecule has 1 saturated heterocycles. The summed E-state index contributed by atoms with van der Waals surface area (Å²) in [4.78, 5) is 2.48. The van der Waals surface area contributed by atoms with Crippen LogP contribution in [-0.2, 0) is 0 Å². The van der Waals surface area contributed by atoms with Gasteiger partial charge in [-0.05, 0) is 25.8 Å². The molecule has 2 fully saturated rings. The number of piperidine rings is 1. The van der Waals surface area contributed by atoms with Gasteiger partial charge in [-0.1, -0.05) is 0 Å². The topological polar surface area (TPSA) is 34.0 Å². The summed E-state index contributed by atoms with van der Waals surface area (Å²) in [5, 5.41) is 7.74. The van der Waals surface area contributed by atoms with Gasteiger partial charge in [0.05, 0.1) is 0 Å². The molecule has 0 amide bonds. The van der Waals surface area contributed by atoms with E-state index in [1.165, 1.54) is 19.4 Å². The lowest BCUT2D eigenvalue weighted by molar-refractivity contribution is 0.211. The Labute approximate surface area is 77.6 Å². The summed E-state index contributed by atoms with van der Waals surface area (Å²) in [5.41, 5.74) is 0. The molecule has 1 aliphatic carbocycles. The van der Waals surface area contributed by atoms with Crippen molar-refractivity contribution < 1.29 is 0 Å². The largest absolute Gasteiger partial charge is 0.317 e. The van der Waals surface area contributed by atoms with E-state index < -0.39 is 0 Å². The number of likely N-dealkylation sites (tertiary alicyclic amines) is 1. The molecule has 2 bridgehead atoms. The number of aromatic nitrogens is 3. The molecule has 13 heavy (non-hydrogen) atoms. The summed E-state index contributed by atoms with van der Waals surface area (Å²) in [7, 11) is 2.23. The first-order valence-electron chi connectivity index (χ1n) is 4.89. The van der Waals surface area contributed by atoms with Crippen LogP contribution < -0.4 is 0 Å². The highest BCUT2D eigenvalue weighted by atomic mass is 15.3. The number of rotatable bonds is 1. The van der Waals surface area contributed by atoms with E-state index in [2.05, 4.69) is 26.7 Å². The number of fused-ring (bicyclic) bond motifs is 2. The predicted octanol–water partition coefficient (Wildman–Crippen LogP) is 0.543. The zero-order chi connectivity index (χ0) is 8.84. The number of nitrogens with zero attached hydrogens (tertiary/aromatic N) is 4. The Morgan fingerprint density at radius 2 is 2.00 bits per heavy atom. The molecule has 3 unspecified atom stereocenters. The van der Waals surface area contributed by atoms with Crippen molar-refractivity contribution in [2.75, 3.05) is 13.6 Å². The number of hydrogen-bond donors (Lipinski definition) is 0. The summed E-state index contributed by atoms with van der Waals surface area (Å²) in [6.45, 7) is 1.24. The van der Waals surface area contributed by atoms with Crippen LogP contribution in [0, 0.1) is 5.92 Å². The monoisotopic (exact) mass is 178 g/mol. The van der Waals surface area contributed by atoms with Crippen molar-refractivity contribution in [3.8, 4) is 0 Å². The lowest BCUT2D eigenvalue weighted by atomic mass is 10.0. The van der Waals surface area contributed by atoms with Crippen LogP contribution in [0.25, 0.3) is 0 Å². The van der Waals surface area contributed by atoms with E-state index in [4.69, 9.17) is 0 Å². The van der Waals surface area contributed by atoms with Gasteiger partial charge in [0.25, 0.3) is 0 Å². The van der Waals surface area contributed by atoms with Gasteiger partial charge in [0.1, 0.15) is 12.7 Å². The van der Waals surface area contributed by atoms with E-state index in [0.717, 1.165) is 12.0 Å². The average Bonchev–Trinajstić information content (AvgIpc) is 2.75. The SMILES string of the molecule is CN1CC2CC1CC2n1cnnc1. The molecule has 70 valence electrons. The van der Waals surface area contributed by atoms with Crippen molar-refractivity contribution in [2.45, 2.75) is 24.9 Å². The van der Waals surface area contributed by atoms with E-state index in [9.17, 15) is 0 Å². The van der Waals surface area contributed by atoms with Gasteiger partial charge in [-0.2, -0.15) is 0 Å². The first-order chi connectivity index (χ1) is 6.34. The molecule has 3 atom stereocenters. The second kappa shape index (κ2) is 2.54. The fourth-order valence-electron chi connectivity index (χ4n) is 2.89. The first-order valence-corrected chi connectivity index (χ1v) is 4.89. The van der Waals surface area contributed by atoms with Crippen LogP contribution in [0.2, 0.25) is 0 Å². The van der Waals surface area contributed by atoms with Crippen LogP contribution in [0.4, 0.5) is 0 Å². The van der Waals surface area contributed by atoms with Crippen molar-refractivity contribution >= 4 is 0 Å². The second-order valence-electron chi connectivity index (χ2n) is 4.30. The molecule has 1 aromatic rings. The third-order valence-corrected chi connectivity index (χ3v) is 3.60. The third-order valence-electron chi connectivity index (χ3n) is 3.60. The highest BCUT2D eigenvalue weighted by Gasteiger charge is 2.43. The minimum atomic E-state index is 0.663. The smallest absolute Gasteiger partial charge is 0.119 e. The summed E-state index contributed by atoms with van der Waals surface area (Å²) in [6.07, 6.45) is 6.34. The number of hydrogen-bond acceptors (Lipinski definition) is 3. The Morgan fingerprint density at radius 1 is 1.23 bits per heavy atom. The van der Waals surface area contributed by atoms with Gasteiger partial charge in [-0.3, -0.25) is 0 Å². The maximum Gasteiger partial charge on any atom is 0.119 e. The molecular weight excluding hydrogens is 164 g/mol. The zero-order valence-electron chi connectivity index (χ0n) is 7.80. The lowest BCUT2D eigenvalue weighted by Gasteiger charge is -2.28. The second-order valence-corrected chi connectivity index (χ2v) is 4.30. The van der Waals surface area contributed by atoms with E-state index in [0.29, 0.717) is 6.04 Å². The van der Waals surface area contributed by atoms with Gasteiger partial charge in [-0.15, -0.1) is 10.2 Å². The van der Waals surface area contributed by atoms with E-state index in [-0.39, 0.29) is 0 Å². The summed E-state index contributed by atoms with van der Waals surface area (Å²) < 4.78 is 2.18. The fourth-order valence-corrected chi connectivity index (χ4v) is 2.89. The Bertz CT molecular complexity index is 293. The van der Waals surface area contributed by atoms with Crippen molar-refractivity contribution in [1.29, 1.82) is 0 Å². The Balaban J connectivity index is 1.84. The third kappa shape index (κ3) is 1.01. The lowest BCUT2D eigenvalue weighted by Crippen LogP contribution is -2.32. The zero-order valence-corrected chi connectivity index (χ0v) is 7.80. The van der Waals surface area contributed by atoms with Crippen molar-refractivity contribution in [3.63, 3.8) is 0 Å². The minimum Gasteiger partial charge on any atom is -0.317 e. The van der Waals surface area contributed by atoms with Gasteiger partial charge in [-0.25, -0.2) is 0 Å². The van der Waals surface area contributed by atoms with E-state index >= 15 is 0 Å². The molecule has 0 spiro atoms. The van der Waals surface area contributed by atoms with Crippen LogP contribution >= 0.6 is 0 Å². The molecule has 1 aromatic heterocycles. The van der Waals surface area contributed by atoms with Gasteiger partial charge in [0, 0.05) is 18.6 Å². The first kappa shape index (κ1) is 7.50. The molecule has 4 heteroatoms. The maximum absolute atomic E-state index is 3.87. The molecule has 2 heterocycles. The van der Waals surface area contributed by atoms with Crippen molar-refractivity contribution in [1.82, 2.24) is 19.7 Å². The molecule has 1 saturated carbocycles. The Hall–Kier alpha value is -0.900. The summed E-state index contributed by atoms with van der Waals surface area (Å²) in [6, 6.07) is 1.47. The van der Waals surface area contributed by atoms with Gasteiger partial charge >= 0.3 is 0 Å². The summed E-state index contributed by atoms with van der Waals surface area (Å²) in [5.74, 6) is 0.825. The molecule has 0 aromatic carbocycles. The van der Waals surface area contributed by atoms with Crippen LogP contribution in [0.15, 0.2) is 12.7 Å². The van der Waals surface area contributed by atoms with Crippen molar-refractivity contribution in [2.24, 2.45) is 5.92 Å². The van der Waals surface area contributed by atoms with Crippen LogP contribution in [-0.4, -0.2) is 39.3 Å². The van der Waals surface area contributed by atoms with Crippen LogP contribution in [0.3, 0.4) is 0 Å². The van der Waals surface area contributed by atoms with E-state index in [1.54, 1.807) is 0 Å². The molecular formula is C9H14N4. The highest BCUT2D eigenvalue weighted by molar-refractivity contribution is 4.99. The molecule has 2 aliphatic rings. The highest BCUT2D eigenvalue weighted by Crippen LogP contribution is 2.43. The normalized spacial score (nSPS) is 38.7. The van der Waals surface area contributed by atoms with Crippen LogP contribution in [0.1, 0.15) is 18.9 Å². The molecule has 0 N–H and O–H groups in total. The standard InChI is InChI=1S/C9H14N4/c1-12-4-7-2-8(12)3-9(7)13-5-10-11-6-13/h5-9H,2-4H2,1H3. The summed E-state index contributed by atoms with van der Waals surface area (Å²) >= 11 is 0. The van der Waals surface area contributed by atoms with Crippen molar-refractivity contribution in [3.05, 3.63) is 12.7 Å². The molecule has 0 radical (unpaired) electrons. The van der Waals surface area contributed by atoms with E-state index in [1.807, 2.05) is 12.7 Å². The molecule has 1 aliphatic heterocycles. The van der Waals surface area contributed by atoms with Gasteiger partial charge in [0.15, 0.2) is 0 Å². The van der Waals surface area contributed by atoms with Crippen LogP contribution in [0.5, 0.6) is 0 Å². The molecule has 3 rings (SSSR count). The molecule has 4 nitrogen and oxygen atoms in total. The minimum absolute atomic E-state index is 0.663. The van der Waals surface area contributed by atoms with Gasteiger partial charge in [0.2, 0.25) is 0 Å². The fraction of sp³-hybridized carbons (Fsp3) is 0.778. The maximum atomic E-state index is 3.87. The average molecular weight is 178 g/mol.